The number of alkyl halides is 1. The third-order valence-corrected chi connectivity index (χ3v) is 5.57. The average Bonchev–Trinajstić information content (AvgIpc) is 3.33. The molecule has 0 spiro atoms. The van der Waals surface area contributed by atoms with Crippen LogP contribution in [0.25, 0.3) is 0 Å². The van der Waals surface area contributed by atoms with Crippen molar-refractivity contribution in [1.82, 2.24) is 10.2 Å². The lowest BCUT2D eigenvalue weighted by Crippen LogP contribution is -2.43. The van der Waals surface area contributed by atoms with Crippen molar-refractivity contribution < 1.29 is 14.0 Å². The van der Waals surface area contributed by atoms with E-state index in [0.717, 1.165) is 30.5 Å². The maximum absolute atomic E-state index is 13.5. The predicted molar refractivity (Wildman–Crippen MR) is 104 cm³/mol. The van der Waals surface area contributed by atoms with Gasteiger partial charge in [0.25, 0.3) is 0 Å². The number of amides is 1. The zero-order chi connectivity index (χ0) is 19.9. The molecular weight excluding hydrogens is 359 g/mol. The summed E-state index contributed by atoms with van der Waals surface area (Å²) in [6, 6.07) is 11.5. The monoisotopic (exact) mass is 386 g/mol. The highest BCUT2D eigenvalue weighted by Gasteiger charge is 2.35. The first-order valence-corrected chi connectivity index (χ1v) is 9.83. The molecule has 2 fully saturated rings. The van der Waals surface area contributed by atoms with Crippen molar-refractivity contribution in [2.24, 2.45) is 11.1 Å². The van der Waals surface area contributed by atoms with Crippen molar-refractivity contribution >= 4 is 11.6 Å². The fourth-order valence-electron chi connectivity index (χ4n) is 3.92. The Morgan fingerprint density at radius 2 is 2.14 bits per heavy atom. The van der Waals surface area contributed by atoms with Crippen LogP contribution in [0.5, 0.6) is 0 Å². The number of likely N-dealkylation sites (tertiary alicyclic amines) is 1. The van der Waals surface area contributed by atoms with E-state index >= 15 is 0 Å². The molecule has 1 aliphatic carbocycles. The zero-order valence-corrected chi connectivity index (χ0v) is 16.2. The Labute approximate surface area is 165 Å². The summed E-state index contributed by atoms with van der Waals surface area (Å²) >= 11 is 0. The third-order valence-electron chi connectivity index (χ3n) is 5.57. The van der Waals surface area contributed by atoms with E-state index in [1.54, 1.807) is 0 Å². The van der Waals surface area contributed by atoms with Gasteiger partial charge in [0.05, 0.1) is 24.9 Å². The second kappa shape index (κ2) is 9.65. The molecule has 1 heterocycles. The topological polar surface area (TPSA) is 77.7 Å². The van der Waals surface area contributed by atoms with Gasteiger partial charge in [-0.05, 0) is 31.7 Å². The minimum absolute atomic E-state index is 0.0244. The third kappa shape index (κ3) is 5.29. The second-order valence-corrected chi connectivity index (χ2v) is 7.60. The van der Waals surface area contributed by atoms with Crippen LogP contribution in [0.15, 0.2) is 35.5 Å². The van der Waals surface area contributed by atoms with E-state index < -0.39 is 12.2 Å². The fraction of sp³-hybridized carbons (Fsp3) is 0.571. The van der Waals surface area contributed by atoms with Crippen molar-refractivity contribution in [3.05, 3.63) is 35.9 Å². The number of carbonyl (C=O) groups is 1. The summed E-state index contributed by atoms with van der Waals surface area (Å²) in [7, 11) is 0. The van der Waals surface area contributed by atoms with Gasteiger partial charge >= 0.3 is 0 Å². The quantitative estimate of drug-likeness (QED) is 0.577. The number of hydrogen-bond donors (Lipinski definition) is 1. The fourth-order valence-corrected chi connectivity index (χ4v) is 3.92. The summed E-state index contributed by atoms with van der Waals surface area (Å²) in [4.78, 5) is 19.1. The van der Waals surface area contributed by atoms with Crippen LogP contribution in [-0.2, 0) is 16.2 Å². The Bertz CT molecular complexity index is 734. The molecule has 1 aliphatic heterocycles. The number of rotatable bonds is 7. The van der Waals surface area contributed by atoms with Crippen LogP contribution in [0.2, 0.25) is 0 Å². The normalized spacial score (nSPS) is 27.6. The number of nitrogens with zero attached hydrogens (tertiary/aromatic N) is 3. The van der Waals surface area contributed by atoms with Gasteiger partial charge in [0.15, 0.2) is 0 Å². The summed E-state index contributed by atoms with van der Waals surface area (Å²) < 4.78 is 13.5. The van der Waals surface area contributed by atoms with Gasteiger partial charge in [0, 0.05) is 18.4 Å². The van der Waals surface area contributed by atoms with Gasteiger partial charge in [-0.15, -0.1) is 0 Å². The molecule has 4 atom stereocenters. The van der Waals surface area contributed by atoms with Gasteiger partial charge in [0.1, 0.15) is 18.8 Å². The largest absolute Gasteiger partial charge is 0.391 e. The molecule has 0 aromatic heterocycles. The predicted octanol–water partition coefficient (Wildman–Crippen LogP) is 2.80. The van der Waals surface area contributed by atoms with Gasteiger partial charge in [-0.2, -0.15) is 5.26 Å². The number of nitrogens with one attached hydrogen (secondary N) is 1. The van der Waals surface area contributed by atoms with Crippen molar-refractivity contribution in [1.29, 1.82) is 5.26 Å². The van der Waals surface area contributed by atoms with Crippen LogP contribution in [0, 0.1) is 17.2 Å². The van der Waals surface area contributed by atoms with Crippen LogP contribution >= 0.6 is 0 Å². The smallest absolute Gasteiger partial charge is 0.237 e. The lowest BCUT2D eigenvalue weighted by molar-refractivity contribution is -0.130. The summed E-state index contributed by atoms with van der Waals surface area (Å²) in [6.45, 7) is 2.60. The SMILES string of the molecule is C/C(=N\OCc1ccccc1)[C@H]1CC[C@@H](NCC(=O)N2C[C@@H](F)C[C@H]2C#N)C1. The van der Waals surface area contributed by atoms with Crippen LogP contribution in [-0.4, -0.2) is 47.9 Å². The molecule has 1 saturated heterocycles. The van der Waals surface area contributed by atoms with Crippen LogP contribution < -0.4 is 5.32 Å². The van der Waals surface area contributed by atoms with Crippen LogP contribution in [0.3, 0.4) is 0 Å². The lowest BCUT2D eigenvalue weighted by atomic mass is 10.0. The zero-order valence-electron chi connectivity index (χ0n) is 16.2. The van der Waals surface area contributed by atoms with E-state index in [0.29, 0.717) is 12.5 Å². The molecule has 1 amide bonds. The van der Waals surface area contributed by atoms with Crippen molar-refractivity contribution in [2.75, 3.05) is 13.1 Å². The summed E-state index contributed by atoms with van der Waals surface area (Å²) in [5.41, 5.74) is 2.05. The standard InChI is InChI=1S/C21H27FN4O2/c1-15(25-28-14-16-5-3-2-4-6-16)17-7-8-19(9-17)24-12-21(27)26-13-18(22)10-20(26)11-23/h2-6,17-20,24H,7-10,12-14H2,1H3/b25-15+/t17-,18-,19+,20-/m0/s1. The van der Waals surface area contributed by atoms with Gasteiger partial charge in [-0.3, -0.25) is 4.79 Å². The van der Waals surface area contributed by atoms with Crippen molar-refractivity contribution in [2.45, 2.75) is 57.5 Å². The first kappa shape index (κ1) is 20.3. The Kier molecular flexibility index (Phi) is 6.99. The molecule has 0 bridgehead atoms. The number of carbonyl (C=O) groups excluding carboxylic acids is 1. The van der Waals surface area contributed by atoms with E-state index in [4.69, 9.17) is 10.1 Å². The molecule has 1 aromatic carbocycles. The molecular formula is C21H27FN4O2. The molecule has 28 heavy (non-hydrogen) atoms. The minimum atomic E-state index is -1.10. The molecule has 6 nitrogen and oxygen atoms in total. The molecule has 1 aromatic rings. The van der Waals surface area contributed by atoms with E-state index in [1.807, 2.05) is 43.3 Å². The summed E-state index contributed by atoms with van der Waals surface area (Å²) in [6.07, 6.45) is 1.86. The molecule has 1 N–H and O–H groups in total. The number of halogens is 1. The van der Waals surface area contributed by atoms with E-state index in [9.17, 15) is 9.18 Å². The van der Waals surface area contributed by atoms with E-state index in [1.165, 1.54) is 4.90 Å². The van der Waals surface area contributed by atoms with Gasteiger partial charge in [0.2, 0.25) is 5.91 Å². The molecule has 0 unspecified atom stereocenters. The molecule has 0 radical (unpaired) electrons. The van der Waals surface area contributed by atoms with Gasteiger partial charge < -0.3 is 15.1 Å². The number of nitriles is 1. The Morgan fingerprint density at radius 3 is 2.89 bits per heavy atom. The first-order valence-electron chi connectivity index (χ1n) is 9.83. The second-order valence-electron chi connectivity index (χ2n) is 7.60. The molecule has 7 heteroatoms. The highest BCUT2D eigenvalue weighted by molar-refractivity contribution is 5.84. The number of benzene rings is 1. The number of oxime groups is 1. The molecule has 1 saturated carbocycles. The summed E-state index contributed by atoms with van der Waals surface area (Å²) in [5, 5.41) is 16.6. The molecule has 2 aliphatic rings. The average molecular weight is 386 g/mol. The lowest BCUT2D eigenvalue weighted by Gasteiger charge is -2.21. The Hall–Kier alpha value is -2.46. The Morgan fingerprint density at radius 1 is 1.36 bits per heavy atom. The highest BCUT2D eigenvalue weighted by atomic mass is 19.1. The molecule has 3 rings (SSSR count). The maximum Gasteiger partial charge on any atom is 0.237 e. The number of hydrogen-bond acceptors (Lipinski definition) is 5. The van der Waals surface area contributed by atoms with E-state index in [-0.39, 0.29) is 31.5 Å². The van der Waals surface area contributed by atoms with Gasteiger partial charge in [-0.1, -0.05) is 35.5 Å². The highest BCUT2D eigenvalue weighted by Crippen LogP contribution is 2.27. The maximum atomic E-state index is 13.5. The minimum Gasteiger partial charge on any atom is -0.391 e. The van der Waals surface area contributed by atoms with Crippen LogP contribution in [0.4, 0.5) is 4.39 Å². The summed E-state index contributed by atoms with van der Waals surface area (Å²) in [5.74, 6) is 0.129. The van der Waals surface area contributed by atoms with Crippen LogP contribution in [0.1, 0.15) is 38.2 Å². The van der Waals surface area contributed by atoms with Crippen molar-refractivity contribution in [3.63, 3.8) is 0 Å². The first-order chi connectivity index (χ1) is 13.6. The molecule has 150 valence electrons. The Balaban J connectivity index is 1.40. The van der Waals surface area contributed by atoms with E-state index in [2.05, 4.69) is 10.5 Å². The van der Waals surface area contributed by atoms with Gasteiger partial charge in [-0.25, -0.2) is 4.39 Å². The van der Waals surface area contributed by atoms with Crippen molar-refractivity contribution in [3.8, 4) is 6.07 Å².